The number of benzene rings is 2. The summed E-state index contributed by atoms with van der Waals surface area (Å²) >= 11 is 0. The first kappa shape index (κ1) is 20.3. The van der Waals surface area contributed by atoms with Gasteiger partial charge in [-0.1, -0.05) is 33.6 Å². The molecule has 26 heavy (non-hydrogen) atoms. The fourth-order valence-corrected chi connectivity index (χ4v) is 4.24. The van der Waals surface area contributed by atoms with Crippen LogP contribution in [0, 0.1) is 0 Å². The lowest BCUT2D eigenvalue weighted by atomic mass is 10.1. The van der Waals surface area contributed by atoms with Crippen molar-refractivity contribution in [1.29, 1.82) is 0 Å². The SMILES string of the molecule is CCCOc1ccc(S(=O)(=O)c2ccc(O)c(CCC)c2)cc1CCC. The average molecular weight is 377 g/mol. The monoisotopic (exact) mass is 376 g/mol. The highest BCUT2D eigenvalue weighted by Crippen LogP contribution is 2.30. The van der Waals surface area contributed by atoms with Crippen LogP contribution in [0.25, 0.3) is 0 Å². The predicted octanol–water partition coefficient (Wildman–Crippen LogP) is 4.92. The predicted molar refractivity (Wildman–Crippen MR) is 104 cm³/mol. The van der Waals surface area contributed by atoms with E-state index in [1.165, 1.54) is 12.1 Å². The van der Waals surface area contributed by atoms with Crippen LogP contribution in [0.2, 0.25) is 0 Å². The van der Waals surface area contributed by atoms with Crippen LogP contribution in [0.5, 0.6) is 11.5 Å². The molecule has 0 radical (unpaired) electrons. The molecule has 0 atom stereocenters. The minimum Gasteiger partial charge on any atom is -0.508 e. The topological polar surface area (TPSA) is 63.6 Å². The minimum absolute atomic E-state index is 0.140. The lowest BCUT2D eigenvalue weighted by molar-refractivity contribution is 0.314. The van der Waals surface area contributed by atoms with Gasteiger partial charge in [0.2, 0.25) is 9.84 Å². The number of sulfone groups is 1. The van der Waals surface area contributed by atoms with Crippen molar-refractivity contribution in [3.05, 3.63) is 47.5 Å². The molecular weight excluding hydrogens is 348 g/mol. The van der Waals surface area contributed by atoms with Crippen molar-refractivity contribution < 1.29 is 18.3 Å². The van der Waals surface area contributed by atoms with Gasteiger partial charge >= 0.3 is 0 Å². The largest absolute Gasteiger partial charge is 0.508 e. The average Bonchev–Trinajstić information content (AvgIpc) is 2.62. The van der Waals surface area contributed by atoms with Gasteiger partial charge in [0.15, 0.2) is 0 Å². The molecule has 2 aromatic rings. The lowest BCUT2D eigenvalue weighted by Gasteiger charge is -2.13. The molecular formula is C21H28O4S. The maximum atomic E-state index is 13.1. The van der Waals surface area contributed by atoms with Gasteiger partial charge in [0.05, 0.1) is 16.4 Å². The van der Waals surface area contributed by atoms with Gasteiger partial charge in [-0.05, 0) is 66.8 Å². The van der Waals surface area contributed by atoms with E-state index in [2.05, 4.69) is 6.92 Å². The zero-order valence-electron chi connectivity index (χ0n) is 15.8. The molecule has 0 amide bonds. The van der Waals surface area contributed by atoms with E-state index < -0.39 is 9.84 Å². The van der Waals surface area contributed by atoms with E-state index in [1.54, 1.807) is 24.3 Å². The second kappa shape index (κ2) is 9.08. The van der Waals surface area contributed by atoms with Gasteiger partial charge in [-0.15, -0.1) is 0 Å². The fourth-order valence-electron chi connectivity index (χ4n) is 2.88. The van der Waals surface area contributed by atoms with Crippen LogP contribution in [0.4, 0.5) is 0 Å². The number of phenolic OH excluding ortho intramolecular Hbond substituents is 1. The van der Waals surface area contributed by atoms with Crippen LogP contribution in [0.3, 0.4) is 0 Å². The quantitative estimate of drug-likeness (QED) is 0.675. The molecule has 0 heterocycles. The zero-order chi connectivity index (χ0) is 19.2. The van der Waals surface area contributed by atoms with Crippen molar-refractivity contribution in [3.63, 3.8) is 0 Å². The standard InChI is InChI=1S/C21H28O4S/c1-4-7-16-14-18(9-11-20(16)22)26(23,24)19-10-12-21(25-13-6-3)17(15-19)8-5-2/h9-12,14-15,22H,4-8,13H2,1-3H3. The van der Waals surface area contributed by atoms with E-state index in [1.807, 2.05) is 13.8 Å². The number of hydrogen-bond donors (Lipinski definition) is 1. The third kappa shape index (κ3) is 4.58. The number of phenols is 1. The normalized spacial score (nSPS) is 11.5. The van der Waals surface area contributed by atoms with Crippen LogP contribution < -0.4 is 4.74 Å². The molecule has 0 spiro atoms. The third-order valence-electron chi connectivity index (χ3n) is 4.20. The number of rotatable bonds is 9. The maximum absolute atomic E-state index is 13.1. The Kier molecular flexibility index (Phi) is 7.09. The fraction of sp³-hybridized carbons (Fsp3) is 0.429. The summed E-state index contributed by atoms with van der Waals surface area (Å²) in [6.45, 7) is 6.70. The number of hydrogen-bond acceptors (Lipinski definition) is 4. The molecule has 0 saturated carbocycles. The molecule has 2 rings (SSSR count). The van der Waals surface area contributed by atoms with Crippen molar-refractivity contribution in [2.24, 2.45) is 0 Å². The number of aryl methyl sites for hydroxylation is 2. The molecule has 4 nitrogen and oxygen atoms in total. The summed E-state index contributed by atoms with van der Waals surface area (Å²) in [5.41, 5.74) is 1.57. The Morgan fingerprint density at radius 3 is 2.04 bits per heavy atom. The van der Waals surface area contributed by atoms with E-state index in [0.717, 1.165) is 37.0 Å². The van der Waals surface area contributed by atoms with Gasteiger partial charge in [-0.3, -0.25) is 0 Å². The van der Waals surface area contributed by atoms with Crippen LogP contribution in [0.15, 0.2) is 46.2 Å². The lowest BCUT2D eigenvalue weighted by Crippen LogP contribution is -2.05. The highest BCUT2D eigenvalue weighted by molar-refractivity contribution is 7.91. The van der Waals surface area contributed by atoms with E-state index in [0.29, 0.717) is 18.6 Å². The summed E-state index contributed by atoms with van der Waals surface area (Å²) in [6.07, 6.45) is 4.05. The Labute approximate surface area is 156 Å². The number of ether oxygens (including phenoxy) is 1. The molecule has 142 valence electrons. The molecule has 0 fully saturated rings. The molecule has 0 bridgehead atoms. The summed E-state index contributed by atoms with van der Waals surface area (Å²) in [6, 6.07) is 9.58. The molecule has 5 heteroatoms. The minimum atomic E-state index is -3.64. The molecule has 0 aliphatic carbocycles. The van der Waals surface area contributed by atoms with Crippen molar-refractivity contribution in [2.45, 2.75) is 62.7 Å². The van der Waals surface area contributed by atoms with Gasteiger partial charge in [-0.2, -0.15) is 0 Å². The van der Waals surface area contributed by atoms with Gasteiger partial charge in [0.1, 0.15) is 11.5 Å². The van der Waals surface area contributed by atoms with E-state index >= 15 is 0 Å². The summed E-state index contributed by atoms with van der Waals surface area (Å²) in [5.74, 6) is 0.894. The Bertz CT molecular complexity index is 841. The summed E-state index contributed by atoms with van der Waals surface area (Å²) < 4.78 is 31.9. The van der Waals surface area contributed by atoms with Crippen molar-refractivity contribution in [1.82, 2.24) is 0 Å². The smallest absolute Gasteiger partial charge is 0.206 e. The van der Waals surface area contributed by atoms with Gasteiger partial charge in [0.25, 0.3) is 0 Å². The van der Waals surface area contributed by atoms with Crippen LogP contribution in [-0.4, -0.2) is 20.1 Å². The molecule has 0 saturated heterocycles. The molecule has 0 unspecified atom stereocenters. The van der Waals surface area contributed by atoms with Crippen LogP contribution >= 0.6 is 0 Å². The molecule has 2 aromatic carbocycles. The highest BCUT2D eigenvalue weighted by atomic mass is 32.2. The second-order valence-electron chi connectivity index (χ2n) is 6.41. The molecule has 0 aliphatic rings. The van der Waals surface area contributed by atoms with Gasteiger partial charge in [0, 0.05) is 0 Å². The highest BCUT2D eigenvalue weighted by Gasteiger charge is 2.20. The summed E-state index contributed by atoms with van der Waals surface area (Å²) in [4.78, 5) is 0.473. The summed E-state index contributed by atoms with van der Waals surface area (Å²) in [7, 11) is -3.64. The summed E-state index contributed by atoms with van der Waals surface area (Å²) in [5, 5.41) is 9.92. The van der Waals surface area contributed by atoms with Crippen molar-refractivity contribution in [2.75, 3.05) is 6.61 Å². The van der Waals surface area contributed by atoms with E-state index in [9.17, 15) is 13.5 Å². The zero-order valence-corrected chi connectivity index (χ0v) is 16.6. The maximum Gasteiger partial charge on any atom is 0.206 e. The van der Waals surface area contributed by atoms with Gasteiger partial charge < -0.3 is 9.84 Å². The Morgan fingerprint density at radius 2 is 1.42 bits per heavy atom. The molecule has 0 aliphatic heterocycles. The van der Waals surface area contributed by atoms with Crippen molar-refractivity contribution >= 4 is 9.84 Å². The second-order valence-corrected chi connectivity index (χ2v) is 8.36. The Balaban J connectivity index is 2.45. The van der Waals surface area contributed by atoms with Crippen LogP contribution in [-0.2, 0) is 22.7 Å². The third-order valence-corrected chi connectivity index (χ3v) is 5.95. The van der Waals surface area contributed by atoms with E-state index in [-0.39, 0.29) is 15.5 Å². The molecule has 0 aromatic heterocycles. The molecule has 1 N–H and O–H groups in total. The van der Waals surface area contributed by atoms with Gasteiger partial charge in [-0.25, -0.2) is 8.42 Å². The van der Waals surface area contributed by atoms with E-state index in [4.69, 9.17) is 4.74 Å². The first-order valence-corrected chi connectivity index (χ1v) is 10.7. The first-order valence-electron chi connectivity index (χ1n) is 9.26. The van der Waals surface area contributed by atoms with Crippen molar-refractivity contribution in [3.8, 4) is 11.5 Å². The Hall–Kier alpha value is -2.01. The van der Waals surface area contributed by atoms with Crippen LogP contribution in [0.1, 0.15) is 51.2 Å². The first-order chi connectivity index (χ1) is 12.4. The number of aromatic hydroxyl groups is 1. The Morgan fingerprint density at radius 1 is 0.846 bits per heavy atom.